The molecule has 3 nitrogen and oxygen atoms in total. The van der Waals surface area contributed by atoms with Crippen LogP contribution in [0.3, 0.4) is 0 Å². The first-order valence-electron chi connectivity index (χ1n) is 8.97. The smallest absolute Gasteiger partial charge is 0.338 e. The normalized spacial score (nSPS) is 36.6. The third kappa shape index (κ3) is 3.37. The molecular formula is C17H27F3N2O. The minimum atomic E-state index is -4.25. The van der Waals surface area contributed by atoms with Gasteiger partial charge in [0.15, 0.2) is 0 Å². The second kappa shape index (κ2) is 6.61. The average molecular weight is 332 g/mol. The van der Waals surface area contributed by atoms with Gasteiger partial charge in [0.05, 0.1) is 5.92 Å². The van der Waals surface area contributed by atoms with Gasteiger partial charge in [0.1, 0.15) is 0 Å². The molecule has 3 aliphatic rings. The molecule has 1 saturated carbocycles. The molecule has 6 heteroatoms. The lowest BCUT2D eigenvalue weighted by molar-refractivity contribution is -0.201. The van der Waals surface area contributed by atoms with Gasteiger partial charge in [0, 0.05) is 24.5 Å². The summed E-state index contributed by atoms with van der Waals surface area (Å²) >= 11 is 0. The molecule has 23 heavy (non-hydrogen) atoms. The Kier molecular flexibility index (Phi) is 4.90. The van der Waals surface area contributed by atoms with Gasteiger partial charge >= 0.3 is 6.18 Å². The van der Waals surface area contributed by atoms with Crippen molar-refractivity contribution >= 4 is 5.91 Å². The van der Waals surface area contributed by atoms with Gasteiger partial charge in [0.25, 0.3) is 0 Å². The van der Waals surface area contributed by atoms with Crippen LogP contribution in [-0.4, -0.2) is 54.1 Å². The van der Waals surface area contributed by atoms with Crippen molar-refractivity contribution in [1.82, 2.24) is 9.80 Å². The molecule has 0 unspecified atom stereocenters. The Labute approximate surface area is 136 Å². The highest BCUT2D eigenvalue weighted by Crippen LogP contribution is 2.43. The Bertz CT molecular complexity index is 440. The number of hydrogen-bond donors (Lipinski definition) is 0. The molecule has 3 fully saturated rings. The molecule has 2 aliphatic heterocycles. The van der Waals surface area contributed by atoms with Gasteiger partial charge in [-0.25, -0.2) is 0 Å². The molecule has 0 aromatic rings. The SMILES string of the molecule is CN1CCC[C@@H]1[C@@H]1CCCN1C(=O)[C@H]1CCCC[C@@H]1C(F)(F)F. The maximum Gasteiger partial charge on any atom is 0.392 e. The molecule has 132 valence electrons. The van der Waals surface area contributed by atoms with Crippen molar-refractivity contribution in [3.63, 3.8) is 0 Å². The Hall–Kier alpha value is -0.780. The fourth-order valence-electron chi connectivity index (χ4n) is 4.92. The van der Waals surface area contributed by atoms with Crippen molar-refractivity contribution in [2.24, 2.45) is 11.8 Å². The van der Waals surface area contributed by atoms with Crippen LogP contribution in [0.4, 0.5) is 13.2 Å². The number of alkyl halides is 3. The molecule has 0 radical (unpaired) electrons. The van der Waals surface area contributed by atoms with Gasteiger partial charge in [-0.3, -0.25) is 4.79 Å². The predicted molar refractivity (Wildman–Crippen MR) is 81.9 cm³/mol. The van der Waals surface area contributed by atoms with Crippen molar-refractivity contribution in [3.8, 4) is 0 Å². The maximum atomic E-state index is 13.3. The van der Waals surface area contributed by atoms with Gasteiger partial charge < -0.3 is 9.80 Å². The van der Waals surface area contributed by atoms with Crippen LogP contribution < -0.4 is 0 Å². The molecule has 2 heterocycles. The summed E-state index contributed by atoms with van der Waals surface area (Å²) in [4.78, 5) is 17.0. The first kappa shape index (κ1) is 17.1. The lowest BCUT2D eigenvalue weighted by Crippen LogP contribution is -2.51. The summed E-state index contributed by atoms with van der Waals surface area (Å²) in [5.74, 6) is -2.52. The summed E-state index contributed by atoms with van der Waals surface area (Å²) in [5, 5.41) is 0. The second-order valence-corrected chi connectivity index (χ2v) is 7.47. The molecule has 0 spiro atoms. The van der Waals surface area contributed by atoms with Crippen LogP contribution in [-0.2, 0) is 4.79 Å². The standard InChI is InChI=1S/C17H27F3N2O/c1-21-10-4-8-14(21)15-9-5-11-22(15)16(23)12-6-2-3-7-13(12)17(18,19)20/h12-15H,2-11H2,1H3/t12-,13-,14+,15-/m0/s1. The summed E-state index contributed by atoms with van der Waals surface area (Å²) in [5.41, 5.74) is 0. The molecule has 0 aromatic heterocycles. The topological polar surface area (TPSA) is 23.6 Å². The summed E-state index contributed by atoms with van der Waals surface area (Å²) in [7, 11) is 2.07. The second-order valence-electron chi connectivity index (χ2n) is 7.47. The molecule has 0 bridgehead atoms. The van der Waals surface area contributed by atoms with E-state index in [1.54, 1.807) is 4.90 Å². The van der Waals surface area contributed by atoms with Crippen molar-refractivity contribution in [1.29, 1.82) is 0 Å². The zero-order valence-corrected chi connectivity index (χ0v) is 13.8. The molecular weight excluding hydrogens is 305 g/mol. The van der Waals surface area contributed by atoms with E-state index in [0.717, 1.165) is 38.6 Å². The van der Waals surface area contributed by atoms with E-state index >= 15 is 0 Å². The first-order valence-corrected chi connectivity index (χ1v) is 8.97. The van der Waals surface area contributed by atoms with Gasteiger partial charge in [-0.1, -0.05) is 12.8 Å². The van der Waals surface area contributed by atoms with Gasteiger partial charge in [-0.15, -0.1) is 0 Å². The highest BCUT2D eigenvalue weighted by Gasteiger charge is 2.50. The van der Waals surface area contributed by atoms with E-state index in [1.165, 1.54) is 0 Å². The molecule has 3 rings (SSSR count). The number of hydrogen-bond acceptors (Lipinski definition) is 2. The van der Waals surface area contributed by atoms with E-state index in [2.05, 4.69) is 11.9 Å². The lowest BCUT2D eigenvalue weighted by Gasteiger charge is -2.39. The third-order valence-electron chi connectivity index (χ3n) is 6.11. The molecule has 2 saturated heterocycles. The Morgan fingerprint density at radius 3 is 2.22 bits per heavy atom. The monoisotopic (exact) mass is 332 g/mol. The minimum Gasteiger partial charge on any atom is -0.338 e. The molecule has 1 amide bonds. The molecule has 0 aromatic carbocycles. The van der Waals surface area contributed by atoms with Crippen LogP contribution in [0.1, 0.15) is 51.4 Å². The quantitative estimate of drug-likeness (QED) is 0.773. The van der Waals surface area contributed by atoms with E-state index in [0.29, 0.717) is 25.4 Å². The van der Waals surface area contributed by atoms with Crippen molar-refractivity contribution in [2.75, 3.05) is 20.1 Å². The third-order valence-corrected chi connectivity index (χ3v) is 6.11. The maximum absolute atomic E-state index is 13.3. The van der Waals surface area contributed by atoms with Crippen LogP contribution in [0.25, 0.3) is 0 Å². The van der Waals surface area contributed by atoms with Crippen molar-refractivity contribution in [2.45, 2.75) is 69.6 Å². The van der Waals surface area contributed by atoms with Crippen molar-refractivity contribution in [3.05, 3.63) is 0 Å². The fraction of sp³-hybridized carbons (Fsp3) is 0.941. The summed E-state index contributed by atoms with van der Waals surface area (Å²) in [6.07, 6.45) is 1.61. The van der Waals surface area contributed by atoms with Crippen LogP contribution in [0.2, 0.25) is 0 Å². The number of likely N-dealkylation sites (N-methyl/N-ethyl adjacent to an activating group) is 1. The minimum absolute atomic E-state index is 0.113. The van der Waals surface area contributed by atoms with Crippen LogP contribution in [0.15, 0.2) is 0 Å². The number of carbonyl (C=O) groups excluding carboxylic acids is 1. The molecule has 4 atom stereocenters. The van der Waals surface area contributed by atoms with E-state index in [-0.39, 0.29) is 18.4 Å². The van der Waals surface area contributed by atoms with E-state index < -0.39 is 18.0 Å². The van der Waals surface area contributed by atoms with Gasteiger partial charge in [-0.05, 0) is 52.1 Å². The zero-order chi connectivity index (χ0) is 16.6. The highest BCUT2D eigenvalue weighted by molar-refractivity contribution is 5.80. The Balaban J connectivity index is 1.75. The highest BCUT2D eigenvalue weighted by atomic mass is 19.4. The fourth-order valence-corrected chi connectivity index (χ4v) is 4.92. The van der Waals surface area contributed by atoms with Gasteiger partial charge in [-0.2, -0.15) is 13.2 Å². The number of likely N-dealkylation sites (tertiary alicyclic amines) is 2. The van der Waals surface area contributed by atoms with Crippen LogP contribution in [0, 0.1) is 11.8 Å². The van der Waals surface area contributed by atoms with E-state index in [4.69, 9.17) is 0 Å². The number of carbonyl (C=O) groups is 1. The Morgan fingerprint density at radius 2 is 1.57 bits per heavy atom. The first-order chi connectivity index (χ1) is 10.9. The average Bonchev–Trinajstić information content (AvgIpc) is 3.13. The largest absolute Gasteiger partial charge is 0.392 e. The number of rotatable bonds is 2. The zero-order valence-electron chi connectivity index (χ0n) is 13.8. The predicted octanol–water partition coefficient (Wildman–Crippen LogP) is 3.44. The number of halogens is 3. The summed E-state index contributed by atoms with van der Waals surface area (Å²) < 4.78 is 40.0. The van der Waals surface area contributed by atoms with Gasteiger partial charge in [0.2, 0.25) is 5.91 Å². The van der Waals surface area contributed by atoms with E-state index in [1.807, 2.05) is 0 Å². The molecule has 0 N–H and O–H groups in total. The summed E-state index contributed by atoms with van der Waals surface area (Å²) in [6.45, 7) is 1.66. The van der Waals surface area contributed by atoms with Crippen LogP contribution >= 0.6 is 0 Å². The lowest BCUT2D eigenvalue weighted by atomic mass is 9.77. The van der Waals surface area contributed by atoms with E-state index in [9.17, 15) is 18.0 Å². The van der Waals surface area contributed by atoms with Crippen molar-refractivity contribution < 1.29 is 18.0 Å². The Morgan fingerprint density at radius 1 is 0.913 bits per heavy atom. The van der Waals surface area contributed by atoms with Crippen LogP contribution in [0.5, 0.6) is 0 Å². The number of amides is 1. The molecule has 1 aliphatic carbocycles. The summed E-state index contributed by atoms with van der Waals surface area (Å²) in [6, 6.07) is 0.445. The number of nitrogens with zero attached hydrogens (tertiary/aromatic N) is 2.